The van der Waals surface area contributed by atoms with Gasteiger partial charge in [0.1, 0.15) is 6.54 Å². The Labute approximate surface area is 177 Å². The van der Waals surface area contributed by atoms with E-state index in [9.17, 15) is 9.59 Å². The van der Waals surface area contributed by atoms with Crippen molar-refractivity contribution in [3.05, 3.63) is 72.3 Å². The van der Waals surface area contributed by atoms with Gasteiger partial charge in [0.15, 0.2) is 0 Å². The zero-order valence-corrected chi connectivity index (χ0v) is 17.1. The molecule has 0 atom stereocenters. The molecule has 0 bridgehead atoms. The summed E-state index contributed by atoms with van der Waals surface area (Å²) < 4.78 is 5.46. The van der Waals surface area contributed by atoms with E-state index in [2.05, 4.69) is 47.9 Å². The molecule has 2 saturated heterocycles. The predicted molar refractivity (Wildman–Crippen MR) is 116 cm³/mol. The Morgan fingerprint density at radius 3 is 2.43 bits per heavy atom. The first-order valence-electron chi connectivity index (χ1n) is 10.3. The largest absolute Gasteiger partial charge is 0.379 e. The number of hydrogen-bond donors (Lipinski definition) is 0. The molecule has 2 aromatic carbocycles. The molecule has 0 spiro atoms. The van der Waals surface area contributed by atoms with E-state index < -0.39 is 0 Å². The Balaban J connectivity index is 1.46. The fourth-order valence-electron chi connectivity index (χ4n) is 3.98. The van der Waals surface area contributed by atoms with Crippen LogP contribution in [0.2, 0.25) is 0 Å². The molecule has 3 amide bonds. The van der Waals surface area contributed by atoms with Crippen molar-refractivity contribution < 1.29 is 14.3 Å². The van der Waals surface area contributed by atoms with Gasteiger partial charge in [-0.3, -0.25) is 14.6 Å². The molecule has 30 heavy (non-hydrogen) atoms. The van der Waals surface area contributed by atoms with Crippen LogP contribution >= 0.6 is 0 Å². The summed E-state index contributed by atoms with van der Waals surface area (Å²) in [5.41, 5.74) is 4.68. The van der Waals surface area contributed by atoms with Gasteiger partial charge in [-0.25, -0.2) is 4.79 Å². The van der Waals surface area contributed by atoms with Crippen molar-refractivity contribution in [2.75, 3.05) is 39.4 Å². The van der Waals surface area contributed by atoms with E-state index in [1.54, 1.807) is 11.0 Å². The summed E-state index contributed by atoms with van der Waals surface area (Å²) in [6.07, 6.45) is 1.57. The molecule has 0 unspecified atom stereocenters. The van der Waals surface area contributed by atoms with Crippen LogP contribution in [0.5, 0.6) is 0 Å². The summed E-state index contributed by atoms with van der Waals surface area (Å²) in [5.74, 6) is -0.173. The van der Waals surface area contributed by atoms with Crippen molar-refractivity contribution in [2.45, 2.75) is 13.1 Å². The average molecular weight is 405 g/mol. The minimum Gasteiger partial charge on any atom is -0.379 e. The summed E-state index contributed by atoms with van der Waals surface area (Å²) >= 11 is 0. The van der Waals surface area contributed by atoms with Gasteiger partial charge in [-0.15, -0.1) is 6.58 Å². The third-order valence-electron chi connectivity index (χ3n) is 5.59. The minimum atomic E-state index is -0.250. The Morgan fingerprint density at radius 1 is 0.967 bits per heavy atom. The number of morpholine rings is 1. The first-order valence-corrected chi connectivity index (χ1v) is 10.3. The van der Waals surface area contributed by atoms with Crippen LogP contribution in [0, 0.1) is 0 Å². The van der Waals surface area contributed by atoms with Gasteiger partial charge in [0, 0.05) is 32.7 Å². The van der Waals surface area contributed by atoms with Crippen LogP contribution in [0.15, 0.2) is 61.2 Å². The molecule has 0 aromatic heterocycles. The molecule has 6 heteroatoms. The Bertz CT molecular complexity index is 920. The molecule has 0 saturated carbocycles. The second-order valence-electron chi connectivity index (χ2n) is 7.67. The maximum atomic E-state index is 12.4. The second kappa shape index (κ2) is 9.24. The first kappa shape index (κ1) is 20.3. The fourth-order valence-corrected chi connectivity index (χ4v) is 3.98. The lowest BCUT2D eigenvalue weighted by Crippen LogP contribution is -2.35. The number of nitrogens with zero attached hydrogens (tertiary/aromatic N) is 3. The van der Waals surface area contributed by atoms with E-state index >= 15 is 0 Å². The topological polar surface area (TPSA) is 53.1 Å². The first-order chi connectivity index (χ1) is 14.7. The molecular formula is C24H27N3O3. The van der Waals surface area contributed by atoms with Gasteiger partial charge in [0.2, 0.25) is 0 Å². The molecule has 6 nitrogen and oxygen atoms in total. The molecule has 2 aliphatic rings. The summed E-state index contributed by atoms with van der Waals surface area (Å²) in [4.78, 5) is 29.7. The number of urea groups is 1. The molecule has 0 N–H and O–H groups in total. The Hall–Kier alpha value is -2.96. The van der Waals surface area contributed by atoms with E-state index in [1.165, 1.54) is 16.0 Å². The van der Waals surface area contributed by atoms with Crippen LogP contribution in [0.3, 0.4) is 0 Å². The highest BCUT2D eigenvalue weighted by Crippen LogP contribution is 2.26. The van der Waals surface area contributed by atoms with Crippen LogP contribution in [0.25, 0.3) is 11.1 Å². The maximum Gasteiger partial charge on any atom is 0.327 e. The Kier molecular flexibility index (Phi) is 6.26. The number of rotatable bonds is 7. The van der Waals surface area contributed by atoms with Crippen LogP contribution in [-0.2, 0) is 22.6 Å². The number of amides is 3. The molecule has 2 aliphatic heterocycles. The van der Waals surface area contributed by atoms with E-state index in [1.807, 2.05) is 12.1 Å². The number of ether oxygens (including phenoxy) is 1. The molecule has 2 aromatic rings. The van der Waals surface area contributed by atoms with Crippen molar-refractivity contribution in [2.24, 2.45) is 0 Å². The smallest absolute Gasteiger partial charge is 0.327 e. The predicted octanol–water partition coefficient (Wildman–Crippen LogP) is 3.14. The highest BCUT2D eigenvalue weighted by atomic mass is 16.5. The minimum absolute atomic E-state index is 0.122. The summed E-state index contributed by atoms with van der Waals surface area (Å²) in [6, 6.07) is 16.5. The number of carbonyl (C=O) groups excluding carboxylic acids is 2. The van der Waals surface area contributed by atoms with Crippen molar-refractivity contribution in [3.8, 4) is 11.1 Å². The molecule has 156 valence electrons. The number of imide groups is 1. The van der Waals surface area contributed by atoms with Crippen LogP contribution < -0.4 is 0 Å². The van der Waals surface area contributed by atoms with Gasteiger partial charge >= 0.3 is 6.03 Å². The highest BCUT2D eigenvalue weighted by Gasteiger charge is 2.34. The monoisotopic (exact) mass is 405 g/mol. The van der Waals surface area contributed by atoms with Crippen molar-refractivity contribution in [1.82, 2.24) is 14.7 Å². The molecule has 0 radical (unpaired) electrons. The van der Waals surface area contributed by atoms with Crippen LogP contribution in [-0.4, -0.2) is 66.0 Å². The lowest BCUT2D eigenvalue weighted by Gasteiger charge is -2.27. The number of carbonyl (C=O) groups is 2. The molecular weight excluding hydrogens is 378 g/mol. The van der Waals surface area contributed by atoms with Gasteiger partial charge in [0.25, 0.3) is 5.91 Å². The SMILES string of the molecule is C=CCN1C(=O)CN(Cc2ccc(-c3ccccc3CN3CCOCC3)cc2)C1=O. The van der Waals surface area contributed by atoms with E-state index in [-0.39, 0.29) is 25.0 Å². The molecule has 4 rings (SSSR count). The van der Waals surface area contributed by atoms with E-state index in [0.29, 0.717) is 6.54 Å². The lowest BCUT2D eigenvalue weighted by molar-refractivity contribution is -0.125. The van der Waals surface area contributed by atoms with E-state index in [4.69, 9.17) is 4.74 Å². The number of hydrogen-bond acceptors (Lipinski definition) is 4. The third kappa shape index (κ3) is 4.45. The third-order valence-corrected chi connectivity index (χ3v) is 5.59. The lowest BCUT2D eigenvalue weighted by atomic mass is 9.98. The molecule has 2 heterocycles. The second-order valence-corrected chi connectivity index (χ2v) is 7.67. The van der Waals surface area contributed by atoms with Gasteiger partial charge in [-0.05, 0) is 22.3 Å². The van der Waals surface area contributed by atoms with Gasteiger partial charge in [-0.2, -0.15) is 0 Å². The summed E-state index contributed by atoms with van der Waals surface area (Å²) in [6.45, 7) is 8.82. The van der Waals surface area contributed by atoms with Crippen LogP contribution in [0.4, 0.5) is 4.79 Å². The highest BCUT2D eigenvalue weighted by molar-refractivity contribution is 6.02. The standard InChI is InChI=1S/C24H27N3O3/c1-2-11-27-23(28)18-26(24(27)29)16-19-7-9-20(10-8-19)22-6-4-3-5-21(22)17-25-12-14-30-15-13-25/h2-10H,1,11-18H2. The normalized spacial score (nSPS) is 17.6. The van der Waals surface area contributed by atoms with Gasteiger partial charge in [0.05, 0.1) is 13.2 Å². The summed E-state index contributed by atoms with van der Waals surface area (Å²) in [5, 5.41) is 0. The Morgan fingerprint density at radius 2 is 1.70 bits per heavy atom. The van der Waals surface area contributed by atoms with E-state index in [0.717, 1.165) is 44.0 Å². The van der Waals surface area contributed by atoms with Gasteiger partial charge < -0.3 is 9.64 Å². The zero-order chi connectivity index (χ0) is 20.9. The maximum absolute atomic E-state index is 12.4. The average Bonchev–Trinajstić information content (AvgIpc) is 3.03. The van der Waals surface area contributed by atoms with Crippen molar-refractivity contribution >= 4 is 11.9 Å². The fraction of sp³-hybridized carbons (Fsp3) is 0.333. The molecule has 0 aliphatic carbocycles. The zero-order valence-electron chi connectivity index (χ0n) is 17.1. The van der Waals surface area contributed by atoms with Crippen LogP contribution in [0.1, 0.15) is 11.1 Å². The quantitative estimate of drug-likeness (QED) is 0.525. The van der Waals surface area contributed by atoms with Crippen molar-refractivity contribution in [3.63, 3.8) is 0 Å². The summed E-state index contributed by atoms with van der Waals surface area (Å²) in [7, 11) is 0. The molecule has 2 fully saturated rings. The van der Waals surface area contributed by atoms with Gasteiger partial charge in [-0.1, -0.05) is 54.6 Å². The number of benzene rings is 2. The van der Waals surface area contributed by atoms with Crippen molar-refractivity contribution in [1.29, 1.82) is 0 Å².